The topological polar surface area (TPSA) is 73.9 Å². The van der Waals surface area contributed by atoms with Gasteiger partial charge in [-0.25, -0.2) is 4.79 Å². The van der Waals surface area contributed by atoms with Gasteiger partial charge in [0.1, 0.15) is 12.4 Å². The average Bonchev–Trinajstić information content (AvgIpc) is 2.82. The third kappa shape index (κ3) is 4.62. The molecular formula is C26H26ClNO5. The Bertz CT molecular complexity index is 1140. The molecule has 7 heteroatoms. The Hall–Kier alpha value is -3.25. The maximum absolute atomic E-state index is 13.0. The lowest BCUT2D eigenvalue weighted by molar-refractivity contribution is -0.136. The Balaban J connectivity index is 1.70. The summed E-state index contributed by atoms with van der Waals surface area (Å²) < 4.78 is 16.7. The van der Waals surface area contributed by atoms with Gasteiger partial charge in [-0.2, -0.15) is 0 Å². The highest BCUT2D eigenvalue weighted by molar-refractivity contribution is 6.30. The number of rotatable bonds is 6. The molecule has 1 N–H and O–H groups in total. The summed E-state index contributed by atoms with van der Waals surface area (Å²) in [5, 5.41) is 3.91. The Kier molecular flexibility index (Phi) is 6.75. The highest BCUT2D eigenvalue weighted by Crippen LogP contribution is 2.45. The number of halogens is 1. The number of esters is 1. The minimum absolute atomic E-state index is 0.0981. The number of ether oxygens (including phenoxy) is 3. The van der Waals surface area contributed by atoms with Gasteiger partial charge in [0.15, 0.2) is 11.5 Å². The molecule has 0 spiro atoms. The molecule has 0 saturated carbocycles. The van der Waals surface area contributed by atoms with Crippen LogP contribution in [0.1, 0.15) is 36.8 Å². The van der Waals surface area contributed by atoms with E-state index in [0.29, 0.717) is 47.2 Å². The first-order valence-electron chi connectivity index (χ1n) is 10.8. The van der Waals surface area contributed by atoms with Crippen LogP contribution in [-0.2, 0) is 20.9 Å². The van der Waals surface area contributed by atoms with Gasteiger partial charge in [-0.1, -0.05) is 35.9 Å². The van der Waals surface area contributed by atoms with Crippen molar-refractivity contribution in [1.29, 1.82) is 0 Å². The summed E-state index contributed by atoms with van der Waals surface area (Å²) in [6, 6.07) is 13.0. The molecule has 6 nitrogen and oxygen atoms in total. The average molecular weight is 468 g/mol. The van der Waals surface area contributed by atoms with Crippen molar-refractivity contribution in [2.24, 2.45) is 5.92 Å². The molecule has 0 radical (unpaired) electrons. The van der Waals surface area contributed by atoms with Gasteiger partial charge >= 0.3 is 5.97 Å². The van der Waals surface area contributed by atoms with Gasteiger partial charge < -0.3 is 19.5 Å². The molecule has 0 fully saturated rings. The predicted octanol–water partition coefficient (Wildman–Crippen LogP) is 4.92. The fraction of sp³-hybridized carbons (Fsp3) is 0.308. The van der Waals surface area contributed by atoms with E-state index < -0.39 is 17.8 Å². The lowest BCUT2D eigenvalue weighted by Crippen LogP contribution is -2.40. The van der Waals surface area contributed by atoms with E-state index in [1.807, 2.05) is 55.5 Å². The fourth-order valence-electron chi connectivity index (χ4n) is 4.49. The number of hydrogen-bond acceptors (Lipinski definition) is 6. The maximum atomic E-state index is 13.0. The van der Waals surface area contributed by atoms with Crippen LogP contribution < -0.4 is 14.8 Å². The molecule has 0 saturated heterocycles. The van der Waals surface area contributed by atoms with Gasteiger partial charge in [0.05, 0.1) is 25.7 Å². The molecule has 2 aliphatic rings. The van der Waals surface area contributed by atoms with Gasteiger partial charge in [-0.15, -0.1) is 0 Å². The van der Waals surface area contributed by atoms with Gasteiger partial charge in [-0.3, -0.25) is 4.79 Å². The number of Topliss-reactive ketones (excluding diaryl/α,β-unsaturated/α-hetero) is 1. The van der Waals surface area contributed by atoms with E-state index in [1.165, 1.54) is 7.11 Å². The Labute approximate surface area is 198 Å². The molecule has 1 aliphatic carbocycles. The van der Waals surface area contributed by atoms with Crippen LogP contribution in [0.2, 0.25) is 5.02 Å². The van der Waals surface area contributed by atoms with Crippen molar-refractivity contribution in [3.05, 3.63) is 81.7 Å². The zero-order valence-corrected chi connectivity index (χ0v) is 19.6. The van der Waals surface area contributed by atoms with Crippen molar-refractivity contribution in [3.63, 3.8) is 0 Å². The Morgan fingerprint density at radius 2 is 1.85 bits per heavy atom. The number of allylic oxidation sites excluding steroid dienone is 3. The van der Waals surface area contributed by atoms with Crippen molar-refractivity contribution in [2.45, 2.75) is 32.3 Å². The summed E-state index contributed by atoms with van der Waals surface area (Å²) in [6.07, 6.45) is 3.17. The monoisotopic (exact) mass is 467 g/mol. The smallest absolute Gasteiger partial charge is 0.336 e. The highest BCUT2D eigenvalue weighted by Gasteiger charge is 2.43. The molecule has 2 unspecified atom stereocenters. The molecule has 33 heavy (non-hydrogen) atoms. The van der Waals surface area contributed by atoms with E-state index in [-0.39, 0.29) is 5.78 Å². The van der Waals surface area contributed by atoms with Crippen LogP contribution in [0.3, 0.4) is 0 Å². The first-order valence-corrected chi connectivity index (χ1v) is 11.1. The third-order valence-corrected chi connectivity index (χ3v) is 6.33. The molecular weight excluding hydrogens is 442 g/mol. The van der Waals surface area contributed by atoms with Crippen LogP contribution in [0.15, 0.2) is 65.5 Å². The lowest BCUT2D eigenvalue weighted by atomic mass is 9.71. The molecule has 2 aromatic rings. The third-order valence-electron chi connectivity index (χ3n) is 6.08. The standard InChI is InChI=1S/C26H26ClNO5/c1-15-23(26(30)32-3)24(25-19(28-15)5-4-6-20(25)29)17-9-12-21(22(13-17)31-2)33-14-16-7-10-18(27)11-8-16/h5,7-13,24-25,28H,4,6,14H2,1-3H3. The number of nitrogens with one attached hydrogen (secondary N) is 1. The molecule has 172 valence electrons. The van der Waals surface area contributed by atoms with Crippen molar-refractivity contribution < 1.29 is 23.8 Å². The van der Waals surface area contributed by atoms with Crippen LogP contribution in [0.5, 0.6) is 11.5 Å². The molecule has 0 amide bonds. The van der Waals surface area contributed by atoms with Crippen LogP contribution in [0, 0.1) is 5.92 Å². The highest BCUT2D eigenvalue weighted by atomic mass is 35.5. The SMILES string of the molecule is COC(=O)C1=C(C)NC2=CCCC(=O)C2C1c1ccc(OCc2ccc(Cl)cc2)c(OC)c1. The molecule has 1 aliphatic heterocycles. The fourth-order valence-corrected chi connectivity index (χ4v) is 4.62. The summed E-state index contributed by atoms with van der Waals surface area (Å²) in [7, 11) is 2.91. The summed E-state index contributed by atoms with van der Waals surface area (Å²) in [6.45, 7) is 2.18. The van der Waals surface area contributed by atoms with Crippen LogP contribution in [0.25, 0.3) is 0 Å². The number of hydrogen-bond donors (Lipinski definition) is 1. The first-order chi connectivity index (χ1) is 15.9. The number of methoxy groups -OCH3 is 2. The minimum atomic E-state index is -0.475. The van der Waals surface area contributed by atoms with Gasteiger partial charge in [0, 0.05) is 28.8 Å². The van der Waals surface area contributed by atoms with Crippen molar-refractivity contribution >= 4 is 23.4 Å². The Morgan fingerprint density at radius 1 is 1.09 bits per heavy atom. The van der Waals surface area contributed by atoms with E-state index >= 15 is 0 Å². The number of ketones is 1. The largest absolute Gasteiger partial charge is 0.493 e. The number of carbonyl (C=O) groups excluding carboxylic acids is 2. The summed E-state index contributed by atoms with van der Waals surface area (Å²) >= 11 is 5.95. The zero-order valence-electron chi connectivity index (χ0n) is 18.8. The molecule has 2 atom stereocenters. The molecule has 4 rings (SSSR count). The van der Waals surface area contributed by atoms with E-state index in [4.69, 9.17) is 25.8 Å². The predicted molar refractivity (Wildman–Crippen MR) is 125 cm³/mol. The van der Waals surface area contributed by atoms with Crippen LogP contribution >= 0.6 is 11.6 Å². The van der Waals surface area contributed by atoms with E-state index in [1.54, 1.807) is 7.11 Å². The lowest BCUT2D eigenvalue weighted by Gasteiger charge is -2.38. The molecule has 2 aromatic carbocycles. The summed E-state index contributed by atoms with van der Waals surface area (Å²) in [5.74, 6) is -0.212. The van der Waals surface area contributed by atoms with Gasteiger partial charge in [-0.05, 0) is 48.7 Å². The first kappa shape index (κ1) is 22.9. The van der Waals surface area contributed by atoms with E-state index in [2.05, 4.69) is 5.32 Å². The number of carbonyl (C=O) groups is 2. The molecule has 1 heterocycles. The second-order valence-corrected chi connectivity index (χ2v) is 8.54. The molecule has 0 bridgehead atoms. The van der Waals surface area contributed by atoms with Crippen molar-refractivity contribution in [3.8, 4) is 11.5 Å². The second kappa shape index (κ2) is 9.71. The summed E-state index contributed by atoms with van der Waals surface area (Å²) in [5.41, 5.74) is 3.73. The van der Waals surface area contributed by atoms with Crippen LogP contribution in [-0.4, -0.2) is 26.0 Å². The van der Waals surface area contributed by atoms with Crippen molar-refractivity contribution in [2.75, 3.05) is 14.2 Å². The van der Waals surface area contributed by atoms with Gasteiger partial charge in [0.25, 0.3) is 0 Å². The van der Waals surface area contributed by atoms with E-state index in [0.717, 1.165) is 16.8 Å². The zero-order chi connectivity index (χ0) is 23.5. The molecule has 0 aromatic heterocycles. The maximum Gasteiger partial charge on any atom is 0.336 e. The quantitative estimate of drug-likeness (QED) is 0.607. The van der Waals surface area contributed by atoms with Gasteiger partial charge in [0.2, 0.25) is 0 Å². The Morgan fingerprint density at radius 3 is 2.55 bits per heavy atom. The number of benzene rings is 2. The second-order valence-electron chi connectivity index (χ2n) is 8.10. The summed E-state index contributed by atoms with van der Waals surface area (Å²) in [4.78, 5) is 25.7. The van der Waals surface area contributed by atoms with Crippen molar-refractivity contribution in [1.82, 2.24) is 5.32 Å². The normalized spacial score (nSPS) is 19.9. The minimum Gasteiger partial charge on any atom is -0.493 e. The number of fused-ring (bicyclic) bond motifs is 1. The van der Waals surface area contributed by atoms with E-state index in [9.17, 15) is 9.59 Å². The van der Waals surface area contributed by atoms with Crippen LogP contribution in [0.4, 0.5) is 0 Å².